The minimum absolute atomic E-state index is 0.0788. The summed E-state index contributed by atoms with van der Waals surface area (Å²) in [5.74, 6) is -1.03. The number of ether oxygens (including phenoxy) is 1. The van der Waals surface area contributed by atoms with E-state index in [9.17, 15) is 20.1 Å². The van der Waals surface area contributed by atoms with E-state index in [0.717, 1.165) is 0 Å². The molecule has 6 nitrogen and oxygen atoms in total. The van der Waals surface area contributed by atoms with Gasteiger partial charge in [0.15, 0.2) is 22.8 Å². The van der Waals surface area contributed by atoms with Gasteiger partial charge in [0.2, 0.25) is 5.43 Å². The third kappa shape index (κ3) is 1.48. The second-order valence-corrected chi connectivity index (χ2v) is 4.23. The van der Waals surface area contributed by atoms with Gasteiger partial charge < -0.3 is 24.5 Å². The van der Waals surface area contributed by atoms with Crippen molar-refractivity contribution in [3.8, 4) is 23.0 Å². The van der Waals surface area contributed by atoms with Crippen molar-refractivity contribution in [2.75, 3.05) is 7.11 Å². The van der Waals surface area contributed by atoms with Crippen LogP contribution in [0.3, 0.4) is 0 Å². The zero-order chi connectivity index (χ0) is 14.4. The van der Waals surface area contributed by atoms with Gasteiger partial charge in [-0.2, -0.15) is 0 Å². The highest BCUT2D eigenvalue weighted by molar-refractivity contribution is 5.98. The quantitative estimate of drug-likeness (QED) is 0.464. The standard InChI is InChI=1S/C14H10O6/c1-19-9-5-2-6(15)10-13(18)11-8(20-14(9)10)4-3-7(16)12(11)17/h2-5,15-17H,1H3. The Bertz CT molecular complexity index is 894. The highest BCUT2D eigenvalue weighted by Gasteiger charge is 2.19. The van der Waals surface area contributed by atoms with Gasteiger partial charge in [-0.15, -0.1) is 0 Å². The summed E-state index contributed by atoms with van der Waals surface area (Å²) in [6.07, 6.45) is 0. The van der Waals surface area contributed by atoms with Crippen molar-refractivity contribution >= 4 is 21.9 Å². The fraction of sp³-hybridized carbons (Fsp3) is 0.0714. The van der Waals surface area contributed by atoms with E-state index in [0.29, 0.717) is 0 Å². The van der Waals surface area contributed by atoms with Gasteiger partial charge in [-0.05, 0) is 24.3 Å². The average molecular weight is 274 g/mol. The lowest BCUT2D eigenvalue weighted by Crippen LogP contribution is -2.03. The first-order valence-corrected chi connectivity index (χ1v) is 5.72. The molecule has 6 heteroatoms. The molecule has 0 aliphatic rings. The summed E-state index contributed by atoms with van der Waals surface area (Å²) in [5.41, 5.74) is -0.483. The van der Waals surface area contributed by atoms with Gasteiger partial charge >= 0.3 is 0 Å². The summed E-state index contributed by atoms with van der Waals surface area (Å²) >= 11 is 0. The zero-order valence-corrected chi connectivity index (χ0v) is 10.4. The minimum atomic E-state index is -0.647. The Kier molecular flexibility index (Phi) is 2.47. The van der Waals surface area contributed by atoms with Crippen LogP contribution in [0.4, 0.5) is 0 Å². The third-order valence-corrected chi connectivity index (χ3v) is 3.10. The lowest BCUT2D eigenvalue weighted by molar-refractivity contribution is 0.405. The van der Waals surface area contributed by atoms with Crippen LogP contribution in [0.15, 0.2) is 33.5 Å². The van der Waals surface area contributed by atoms with Gasteiger partial charge in [-0.3, -0.25) is 4.79 Å². The number of benzene rings is 2. The van der Waals surface area contributed by atoms with E-state index in [-0.39, 0.29) is 33.4 Å². The number of hydrogen-bond donors (Lipinski definition) is 3. The monoisotopic (exact) mass is 274 g/mol. The Morgan fingerprint density at radius 1 is 1.00 bits per heavy atom. The van der Waals surface area contributed by atoms with E-state index in [1.807, 2.05) is 0 Å². The number of fused-ring (bicyclic) bond motifs is 2. The van der Waals surface area contributed by atoms with Crippen molar-refractivity contribution in [3.63, 3.8) is 0 Å². The van der Waals surface area contributed by atoms with Gasteiger partial charge in [0.05, 0.1) is 7.11 Å². The molecule has 0 saturated heterocycles. The lowest BCUT2D eigenvalue weighted by Gasteiger charge is -2.08. The van der Waals surface area contributed by atoms with E-state index < -0.39 is 16.9 Å². The van der Waals surface area contributed by atoms with E-state index in [2.05, 4.69) is 0 Å². The molecule has 0 atom stereocenters. The second-order valence-electron chi connectivity index (χ2n) is 4.23. The zero-order valence-electron chi connectivity index (χ0n) is 10.4. The summed E-state index contributed by atoms with van der Waals surface area (Å²) in [6.45, 7) is 0. The normalized spacial score (nSPS) is 11.1. The molecule has 1 aromatic heterocycles. The van der Waals surface area contributed by atoms with E-state index in [4.69, 9.17) is 9.15 Å². The Morgan fingerprint density at radius 3 is 2.40 bits per heavy atom. The summed E-state index contributed by atoms with van der Waals surface area (Å²) < 4.78 is 10.6. The van der Waals surface area contributed by atoms with Crippen molar-refractivity contribution in [2.24, 2.45) is 0 Å². The highest BCUT2D eigenvalue weighted by Crippen LogP contribution is 2.37. The van der Waals surface area contributed by atoms with E-state index in [1.54, 1.807) is 0 Å². The fourth-order valence-corrected chi connectivity index (χ4v) is 2.14. The first kappa shape index (κ1) is 12.2. The molecule has 0 fully saturated rings. The van der Waals surface area contributed by atoms with Crippen molar-refractivity contribution in [1.29, 1.82) is 0 Å². The molecule has 3 N–H and O–H groups in total. The molecule has 0 saturated carbocycles. The number of hydrogen-bond acceptors (Lipinski definition) is 6. The van der Waals surface area contributed by atoms with E-state index >= 15 is 0 Å². The molecule has 2 aromatic carbocycles. The molecule has 20 heavy (non-hydrogen) atoms. The molecule has 3 rings (SSSR count). The number of phenolic OH excluding ortho intramolecular Hbond substituents is 3. The predicted molar refractivity (Wildman–Crippen MR) is 71.5 cm³/mol. The molecule has 0 bridgehead atoms. The summed E-state index contributed by atoms with van der Waals surface area (Å²) in [5, 5.41) is 28.8. The molecule has 102 valence electrons. The average Bonchev–Trinajstić information content (AvgIpc) is 2.43. The Hall–Kier alpha value is -2.89. The minimum Gasteiger partial charge on any atom is -0.507 e. The summed E-state index contributed by atoms with van der Waals surface area (Å²) in [6, 6.07) is 5.33. The Labute approximate surface area is 112 Å². The van der Waals surface area contributed by atoms with Crippen molar-refractivity contribution in [2.45, 2.75) is 0 Å². The Morgan fingerprint density at radius 2 is 1.70 bits per heavy atom. The number of aromatic hydroxyl groups is 3. The molecule has 3 aromatic rings. The molecular weight excluding hydrogens is 264 g/mol. The van der Waals surface area contributed by atoms with Crippen LogP contribution in [-0.2, 0) is 0 Å². The molecular formula is C14H10O6. The summed E-state index contributed by atoms with van der Waals surface area (Å²) in [4.78, 5) is 12.4. The molecule has 0 spiro atoms. The smallest absolute Gasteiger partial charge is 0.208 e. The van der Waals surface area contributed by atoms with Gasteiger partial charge in [0.25, 0.3) is 0 Å². The summed E-state index contributed by atoms with van der Waals surface area (Å²) in [7, 11) is 1.41. The molecule has 0 aliphatic carbocycles. The Balaban J connectivity index is 2.65. The maximum Gasteiger partial charge on any atom is 0.208 e. The van der Waals surface area contributed by atoms with Crippen LogP contribution in [0.1, 0.15) is 0 Å². The largest absolute Gasteiger partial charge is 0.507 e. The lowest BCUT2D eigenvalue weighted by atomic mass is 10.1. The second kappa shape index (κ2) is 4.06. The van der Waals surface area contributed by atoms with Gasteiger partial charge in [-0.1, -0.05) is 0 Å². The van der Waals surface area contributed by atoms with Crippen molar-refractivity contribution in [1.82, 2.24) is 0 Å². The topological polar surface area (TPSA) is 100 Å². The van der Waals surface area contributed by atoms with Gasteiger partial charge in [-0.25, -0.2) is 0 Å². The number of methoxy groups -OCH3 is 1. The third-order valence-electron chi connectivity index (χ3n) is 3.10. The molecule has 0 amide bonds. The first-order valence-electron chi connectivity index (χ1n) is 5.72. The SMILES string of the molecule is COc1ccc(O)c2c(=O)c3c(O)c(O)ccc3oc12. The molecule has 0 aliphatic heterocycles. The van der Waals surface area contributed by atoms with Crippen LogP contribution in [0.2, 0.25) is 0 Å². The van der Waals surface area contributed by atoms with Crippen LogP contribution in [0.25, 0.3) is 21.9 Å². The van der Waals surface area contributed by atoms with Crippen LogP contribution in [0, 0.1) is 0 Å². The van der Waals surface area contributed by atoms with Gasteiger partial charge in [0.1, 0.15) is 22.1 Å². The molecule has 1 heterocycles. The van der Waals surface area contributed by atoms with E-state index in [1.165, 1.54) is 31.4 Å². The predicted octanol–water partition coefficient (Wildman–Crippen LogP) is 2.07. The first-order chi connectivity index (χ1) is 9.54. The van der Waals surface area contributed by atoms with Crippen LogP contribution >= 0.6 is 0 Å². The van der Waals surface area contributed by atoms with Crippen molar-refractivity contribution in [3.05, 3.63) is 34.5 Å². The number of rotatable bonds is 1. The number of phenols is 3. The molecule has 0 unspecified atom stereocenters. The maximum absolute atomic E-state index is 12.4. The molecule has 0 radical (unpaired) electrons. The van der Waals surface area contributed by atoms with Crippen LogP contribution in [0.5, 0.6) is 23.0 Å². The fourth-order valence-electron chi connectivity index (χ4n) is 2.14. The van der Waals surface area contributed by atoms with Crippen LogP contribution < -0.4 is 10.2 Å². The maximum atomic E-state index is 12.4. The van der Waals surface area contributed by atoms with Crippen LogP contribution in [-0.4, -0.2) is 22.4 Å². The van der Waals surface area contributed by atoms with Gasteiger partial charge in [0, 0.05) is 0 Å². The van der Waals surface area contributed by atoms with Crippen molar-refractivity contribution < 1.29 is 24.5 Å². The highest BCUT2D eigenvalue weighted by atomic mass is 16.5.